The number of piperazine rings is 1. The zero-order chi connectivity index (χ0) is 14.4. The van der Waals surface area contributed by atoms with Crippen molar-refractivity contribution >= 4 is 5.91 Å². The van der Waals surface area contributed by atoms with Gasteiger partial charge in [-0.15, -0.1) is 0 Å². The Kier molecular flexibility index (Phi) is 5.25. The number of amides is 1. The lowest BCUT2D eigenvalue weighted by Gasteiger charge is -2.34. The lowest BCUT2D eigenvalue weighted by molar-refractivity contribution is -0.135. The molecular formula is C13H20N4O3. The summed E-state index contributed by atoms with van der Waals surface area (Å²) in [6, 6.07) is 2.01. The van der Waals surface area contributed by atoms with Gasteiger partial charge in [-0.05, 0) is 13.0 Å². The average Bonchev–Trinajstić information content (AvgIpc) is 2.46. The van der Waals surface area contributed by atoms with E-state index in [0.717, 1.165) is 18.8 Å². The first-order valence-corrected chi connectivity index (χ1v) is 6.72. The highest BCUT2D eigenvalue weighted by atomic mass is 16.5. The fourth-order valence-corrected chi connectivity index (χ4v) is 2.08. The lowest BCUT2D eigenvalue weighted by Crippen LogP contribution is -2.50. The van der Waals surface area contributed by atoms with Gasteiger partial charge in [-0.1, -0.05) is 0 Å². The number of hydrogen-bond acceptors (Lipinski definition) is 6. The quantitative estimate of drug-likeness (QED) is 0.768. The molecule has 0 aromatic carbocycles. The Morgan fingerprint density at radius 3 is 2.80 bits per heavy atom. The second-order valence-electron chi connectivity index (χ2n) is 4.72. The Balaban J connectivity index is 1.76. The Morgan fingerprint density at radius 2 is 2.15 bits per heavy atom. The van der Waals surface area contributed by atoms with Crippen molar-refractivity contribution in [3.8, 4) is 6.01 Å². The predicted molar refractivity (Wildman–Crippen MR) is 72.4 cm³/mol. The summed E-state index contributed by atoms with van der Waals surface area (Å²) in [7, 11) is 0. The largest absolute Gasteiger partial charge is 0.453 e. The molecule has 0 radical (unpaired) electrons. The lowest BCUT2D eigenvalue weighted by atomic mass is 10.3. The van der Waals surface area contributed by atoms with Crippen molar-refractivity contribution in [2.75, 3.05) is 45.9 Å². The van der Waals surface area contributed by atoms with Crippen molar-refractivity contribution in [3.63, 3.8) is 0 Å². The van der Waals surface area contributed by atoms with Crippen LogP contribution in [0.1, 0.15) is 5.69 Å². The molecule has 7 nitrogen and oxygen atoms in total. The molecule has 0 unspecified atom stereocenters. The summed E-state index contributed by atoms with van der Waals surface area (Å²) in [5.74, 6) is -0.0567. The summed E-state index contributed by atoms with van der Waals surface area (Å²) in [6.07, 6.45) is 1.61. The number of hydrogen-bond donors (Lipinski definition) is 1. The number of ether oxygens (including phenoxy) is 1. The van der Waals surface area contributed by atoms with Crippen LogP contribution in [0.25, 0.3) is 0 Å². The van der Waals surface area contributed by atoms with Crippen LogP contribution in [-0.4, -0.2) is 76.7 Å². The number of aromatic nitrogens is 2. The van der Waals surface area contributed by atoms with Crippen LogP contribution in [0.15, 0.2) is 12.3 Å². The van der Waals surface area contributed by atoms with Crippen molar-refractivity contribution < 1.29 is 14.6 Å². The third kappa shape index (κ3) is 4.14. The first-order chi connectivity index (χ1) is 9.69. The highest BCUT2D eigenvalue weighted by Gasteiger charge is 2.21. The Morgan fingerprint density at radius 1 is 1.40 bits per heavy atom. The van der Waals surface area contributed by atoms with Gasteiger partial charge in [-0.3, -0.25) is 9.69 Å². The molecule has 1 aromatic rings. The summed E-state index contributed by atoms with van der Waals surface area (Å²) in [5.41, 5.74) is 0.806. The highest BCUT2D eigenvalue weighted by molar-refractivity contribution is 5.77. The van der Waals surface area contributed by atoms with E-state index >= 15 is 0 Å². The molecule has 0 atom stereocenters. The molecule has 1 fully saturated rings. The maximum atomic E-state index is 12.0. The van der Waals surface area contributed by atoms with E-state index in [9.17, 15) is 4.79 Å². The van der Waals surface area contributed by atoms with Crippen molar-refractivity contribution in [2.45, 2.75) is 6.92 Å². The Bertz CT molecular complexity index is 447. The number of carbonyl (C=O) groups excluding carboxylic acids is 1. The minimum Gasteiger partial charge on any atom is -0.453 e. The second-order valence-corrected chi connectivity index (χ2v) is 4.72. The van der Waals surface area contributed by atoms with E-state index in [1.807, 2.05) is 6.92 Å². The average molecular weight is 280 g/mol. The van der Waals surface area contributed by atoms with Crippen molar-refractivity contribution in [2.24, 2.45) is 0 Å². The molecule has 110 valence electrons. The maximum Gasteiger partial charge on any atom is 0.317 e. The van der Waals surface area contributed by atoms with E-state index in [1.165, 1.54) is 0 Å². The molecule has 1 N–H and O–H groups in total. The van der Waals surface area contributed by atoms with Crippen LogP contribution >= 0.6 is 0 Å². The summed E-state index contributed by atoms with van der Waals surface area (Å²) in [5, 5.41) is 8.87. The minimum atomic E-state index is -0.0567. The number of nitrogens with zero attached hydrogens (tertiary/aromatic N) is 4. The second kappa shape index (κ2) is 7.16. The van der Waals surface area contributed by atoms with Crippen LogP contribution in [0, 0.1) is 6.92 Å². The third-order valence-corrected chi connectivity index (χ3v) is 3.24. The third-order valence-electron chi connectivity index (χ3n) is 3.24. The van der Waals surface area contributed by atoms with Crippen LogP contribution in [0.5, 0.6) is 6.01 Å². The van der Waals surface area contributed by atoms with E-state index in [4.69, 9.17) is 9.84 Å². The van der Waals surface area contributed by atoms with Gasteiger partial charge in [0.2, 0.25) is 0 Å². The molecule has 1 aromatic heterocycles. The number of aliphatic hydroxyl groups excluding tert-OH is 1. The number of β-amino-alcohol motifs (C(OH)–C–C–N with tert-alkyl or cyclic N) is 1. The summed E-state index contributed by atoms with van der Waals surface area (Å²) in [6.45, 7) is 5.52. The van der Waals surface area contributed by atoms with Gasteiger partial charge in [-0.2, -0.15) is 0 Å². The molecule has 1 aliphatic heterocycles. The van der Waals surface area contributed by atoms with Gasteiger partial charge < -0.3 is 14.7 Å². The van der Waals surface area contributed by atoms with Crippen LogP contribution in [-0.2, 0) is 4.79 Å². The van der Waals surface area contributed by atoms with Crippen LogP contribution in [0.3, 0.4) is 0 Å². The van der Waals surface area contributed by atoms with E-state index < -0.39 is 0 Å². The van der Waals surface area contributed by atoms with E-state index in [1.54, 1.807) is 17.2 Å². The molecular weight excluding hydrogens is 260 g/mol. The number of rotatable bonds is 5. The molecule has 0 aliphatic carbocycles. The number of aliphatic hydroxyl groups is 1. The molecule has 7 heteroatoms. The van der Waals surface area contributed by atoms with Gasteiger partial charge in [0.05, 0.1) is 6.61 Å². The predicted octanol–water partition coefficient (Wildman–Crippen LogP) is -0.700. The molecule has 0 bridgehead atoms. The zero-order valence-electron chi connectivity index (χ0n) is 11.7. The highest BCUT2D eigenvalue weighted by Crippen LogP contribution is 2.04. The molecule has 1 amide bonds. The van der Waals surface area contributed by atoms with E-state index in [0.29, 0.717) is 19.6 Å². The van der Waals surface area contributed by atoms with Gasteiger partial charge in [0.15, 0.2) is 6.61 Å². The summed E-state index contributed by atoms with van der Waals surface area (Å²) < 4.78 is 5.31. The smallest absolute Gasteiger partial charge is 0.317 e. The molecule has 0 spiro atoms. The van der Waals surface area contributed by atoms with Crippen molar-refractivity contribution in [1.29, 1.82) is 0 Å². The minimum absolute atomic E-state index is 0.0382. The van der Waals surface area contributed by atoms with Crippen molar-refractivity contribution in [1.82, 2.24) is 19.8 Å². The van der Waals surface area contributed by atoms with E-state index in [-0.39, 0.29) is 25.1 Å². The monoisotopic (exact) mass is 280 g/mol. The van der Waals surface area contributed by atoms with Crippen molar-refractivity contribution in [3.05, 3.63) is 18.0 Å². The van der Waals surface area contributed by atoms with Gasteiger partial charge in [0.25, 0.3) is 5.91 Å². The van der Waals surface area contributed by atoms with Crippen LogP contribution in [0.2, 0.25) is 0 Å². The summed E-state index contributed by atoms with van der Waals surface area (Å²) in [4.78, 5) is 23.9. The molecule has 1 aliphatic rings. The fraction of sp³-hybridized carbons (Fsp3) is 0.615. The van der Waals surface area contributed by atoms with Gasteiger partial charge in [0, 0.05) is 44.6 Å². The first kappa shape index (κ1) is 14.7. The fourth-order valence-electron chi connectivity index (χ4n) is 2.08. The Labute approximate surface area is 118 Å². The molecule has 20 heavy (non-hydrogen) atoms. The van der Waals surface area contributed by atoms with Crippen LogP contribution < -0.4 is 4.74 Å². The summed E-state index contributed by atoms with van der Waals surface area (Å²) >= 11 is 0. The molecule has 1 saturated heterocycles. The van der Waals surface area contributed by atoms with Gasteiger partial charge in [-0.25, -0.2) is 9.97 Å². The first-order valence-electron chi connectivity index (χ1n) is 6.72. The SMILES string of the molecule is Cc1ccnc(OCC(=O)N2CCN(CCO)CC2)n1. The van der Waals surface area contributed by atoms with E-state index in [2.05, 4.69) is 14.9 Å². The number of aryl methyl sites for hydroxylation is 1. The van der Waals surface area contributed by atoms with Crippen LogP contribution in [0.4, 0.5) is 0 Å². The Hall–Kier alpha value is -1.73. The zero-order valence-corrected chi connectivity index (χ0v) is 11.7. The standard InChI is InChI=1S/C13H20N4O3/c1-11-2-3-14-13(15-11)20-10-12(19)17-6-4-16(5-7-17)8-9-18/h2-3,18H,4-10H2,1H3. The molecule has 2 heterocycles. The van der Waals surface area contributed by atoms with Gasteiger partial charge in [0.1, 0.15) is 0 Å². The molecule has 0 saturated carbocycles. The maximum absolute atomic E-state index is 12.0. The van der Waals surface area contributed by atoms with Gasteiger partial charge >= 0.3 is 6.01 Å². The normalized spacial score (nSPS) is 16.2. The topological polar surface area (TPSA) is 78.8 Å². The molecule has 2 rings (SSSR count). The number of carbonyl (C=O) groups is 1.